The molecule has 0 N–H and O–H groups in total. The van der Waals surface area contributed by atoms with Crippen LogP contribution in [0.5, 0.6) is 0 Å². The first-order chi connectivity index (χ1) is 13.3. The summed E-state index contributed by atoms with van der Waals surface area (Å²) >= 11 is 0. The second-order valence-electron chi connectivity index (χ2n) is 7.72. The standard InChI is InChI=1S/C24H36N2OP/c1-9-17-13-21(14-18(10-2)23(17)25(5)6)28(27)22-15-19(11-3)24(26(7)8)20(12-4)16-22/h13-16H,9-12H2,1-8H3/q+1. The minimum absolute atomic E-state index is 0.942. The number of benzene rings is 2. The van der Waals surface area contributed by atoms with Gasteiger partial charge in [0, 0.05) is 39.6 Å². The van der Waals surface area contributed by atoms with E-state index in [0.717, 1.165) is 36.3 Å². The van der Waals surface area contributed by atoms with E-state index in [2.05, 4.69) is 90.0 Å². The molecule has 0 aliphatic rings. The van der Waals surface area contributed by atoms with Gasteiger partial charge >= 0.3 is 7.80 Å². The lowest BCUT2D eigenvalue weighted by molar-refractivity contribution is 0.598. The Balaban J connectivity index is 2.63. The monoisotopic (exact) mass is 399 g/mol. The summed E-state index contributed by atoms with van der Waals surface area (Å²) in [5, 5.41) is 1.91. The zero-order valence-electron chi connectivity index (χ0n) is 18.9. The Morgan fingerprint density at radius 3 is 1.04 bits per heavy atom. The highest BCUT2D eigenvalue weighted by atomic mass is 31.1. The molecule has 4 heteroatoms. The van der Waals surface area contributed by atoms with Crippen molar-refractivity contribution in [2.75, 3.05) is 38.0 Å². The Morgan fingerprint density at radius 1 is 0.607 bits per heavy atom. The zero-order chi connectivity index (χ0) is 21.0. The summed E-state index contributed by atoms with van der Waals surface area (Å²) in [6.07, 6.45) is 3.77. The van der Waals surface area contributed by atoms with E-state index in [-0.39, 0.29) is 0 Å². The molecule has 28 heavy (non-hydrogen) atoms. The third-order valence-corrected chi connectivity index (χ3v) is 6.85. The van der Waals surface area contributed by atoms with Crippen LogP contribution in [0.3, 0.4) is 0 Å². The van der Waals surface area contributed by atoms with Gasteiger partial charge in [-0.1, -0.05) is 32.3 Å². The molecule has 3 nitrogen and oxygen atoms in total. The van der Waals surface area contributed by atoms with Crippen molar-refractivity contribution in [2.45, 2.75) is 53.4 Å². The maximum atomic E-state index is 13.6. The summed E-state index contributed by atoms with van der Waals surface area (Å²) in [6, 6.07) is 8.63. The molecule has 0 bridgehead atoms. The van der Waals surface area contributed by atoms with Crippen LogP contribution in [0.1, 0.15) is 49.9 Å². The number of aryl methyl sites for hydroxylation is 4. The van der Waals surface area contributed by atoms with Crippen molar-refractivity contribution in [2.24, 2.45) is 0 Å². The van der Waals surface area contributed by atoms with Crippen LogP contribution in [0.4, 0.5) is 11.4 Å². The highest BCUT2D eigenvalue weighted by Crippen LogP contribution is 2.32. The van der Waals surface area contributed by atoms with Gasteiger partial charge in [0.15, 0.2) is 10.6 Å². The van der Waals surface area contributed by atoms with Gasteiger partial charge in [0.05, 0.1) is 0 Å². The van der Waals surface area contributed by atoms with Gasteiger partial charge in [0.2, 0.25) is 0 Å². The third-order valence-electron chi connectivity index (χ3n) is 5.39. The Hall–Kier alpha value is -1.86. The average molecular weight is 400 g/mol. The molecule has 0 saturated carbocycles. The Kier molecular flexibility index (Phi) is 7.66. The summed E-state index contributed by atoms with van der Waals surface area (Å²) in [6.45, 7) is 8.70. The van der Waals surface area contributed by atoms with Crippen molar-refractivity contribution in [1.82, 2.24) is 0 Å². The largest absolute Gasteiger partial charge is 0.415 e. The van der Waals surface area contributed by atoms with Gasteiger partial charge in [-0.25, -0.2) is 0 Å². The molecule has 0 aliphatic carbocycles. The van der Waals surface area contributed by atoms with Crippen molar-refractivity contribution < 1.29 is 4.57 Å². The maximum absolute atomic E-state index is 13.6. The lowest BCUT2D eigenvalue weighted by Crippen LogP contribution is -2.19. The maximum Gasteiger partial charge on any atom is 0.415 e. The van der Waals surface area contributed by atoms with E-state index in [4.69, 9.17) is 0 Å². The molecule has 2 aromatic rings. The number of hydrogen-bond acceptors (Lipinski definition) is 3. The molecule has 0 fully saturated rings. The quantitative estimate of drug-likeness (QED) is 0.593. The second kappa shape index (κ2) is 9.56. The molecule has 0 amide bonds. The number of rotatable bonds is 8. The van der Waals surface area contributed by atoms with Gasteiger partial charge in [-0.05, 0) is 72.2 Å². The highest BCUT2D eigenvalue weighted by Gasteiger charge is 2.28. The molecule has 0 radical (unpaired) electrons. The summed E-state index contributed by atoms with van der Waals surface area (Å²) in [4.78, 5) is 4.37. The van der Waals surface area contributed by atoms with Crippen LogP contribution in [0.25, 0.3) is 0 Å². The molecular formula is C24H36N2OP+. The van der Waals surface area contributed by atoms with Gasteiger partial charge in [-0.15, -0.1) is 0 Å². The first-order valence-corrected chi connectivity index (χ1v) is 11.7. The Bertz CT molecular complexity index is 736. The predicted octanol–water partition coefficient (Wildman–Crippen LogP) is 4.85. The smallest absolute Gasteiger partial charge is 0.377 e. The fraction of sp³-hybridized carbons (Fsp3) is 0.500. The number of anilines is 2. The van der Waals surface area contributed by atoms with Crippen LogP contribution in [-0.2, 0) is 30.2 Å². The minimum atomic E-state index is -1.61. The highest BCUT2D eigenvalue weighted by molar-refractivity contribution is 7.61. The summed E-state index contributed by atoms with van der Waals surface area (Å²) in [7, 11) is 6.76. The fourth-order valence-electron chi connectivity index (χ4n) is 4.09. The van der Waals surface area contributed by atoms with Gasteiger partial charge in [0.1, 0.15) is 0 Å². The summed E-state index contributed by atoms with van der Waals surface area (Å²) in [5.41, 5.74) is 7.67. The van der Waals surface area contributed by atoms with Gasteiger partial charge in [-0.2, -0.15) is 0 Å². The molecule has 0 heterocycles. The van der Waals surface area contributed by atoms with Crippen LogP contribution in [0.15, 0.2) is 24.3 Å². The van der Waals surface area contributed by atoms with E-state index in [1.165, 1.54) is 33.6 Å². The summed E-state index contributed by atoms with van der Waals surface area (Å²) < 4.78 is 13.6. The van der Waals surface area contributed by atoms with Crippen LogP contribution in [0.2, 0.25) is 0 Å². The van der Waals surface area contributed by atoms with Crippen molar-refractivity contribution in [3.63, 3.8) is 0 Å². The molecule has 0 aromatic heterocycles. The molecule has 2 rings (SSSR count). The Morgan fingerprint density at radius 2 is 0.857 bits per heavy atom. The lowest BCUT2D eigenvalue weighted by Gasteiger charge is -2.21. The van der Waals surface area contributed by atoms with E-state index in [0.29, 0.717) is 0 Å². The minimum Gasteiger partial charge on any atom is -0.377 e. The molecule has 152 valence electrons. The van der Waals surface area contributed by atoms with Crippen LogP contribution in [-0.4, -0.2) is 28.2 Å². The van der Waals surface area contributed by atoms with E-state index in [1.807, 2.05) is 0 Å². The lowest BCUT2D eigenvalue weighted by atomic mass is 10.0. The number of nitrogens with zero attached hydrogens (tertiary/aromatic N) is 2. The zero-order valence-corrected chi connectivity index (χ0v) is 19.8. The Labute approximate surface area is 172 Å². The van der Waals surface area contributed by atoms with Gasteiger partial charge in [-0.3, -0.25) is 0 Å². The van der Waals surface area contributed by atoms with Crippen molar-refractivity contribution in [3.8, 4) is 0 Å². The SMILES string of the molecule is CCc1cc([P+](=O)c2cc(CC)c(N(C)C)c(CC)c2)cc(CC)c1N(C)C. The van der Waals surface area contributed by atoms with E-state index in [1.54, 1.807) is 0 Å². The van der Waals surface area contributed by atoms with Gasteiger partial charge in [0.25, 0.3) is 0 Å². The van der Waals surface area contributed by atoms with E-state index in [9.17, 15) is 4.57 Å². The summed E-state index contributed by atoms with van der Waals surface area (Å²) in [5.74, 6) is 0. The van der Waals surface area contributed by atoms with Crippen LogP contribution in [0, 0.1) is 0 Å². The van der Waals surface area contributed by atoms with Crippen molar-refractivity contribution in [1.29, 1.82) is 0 Å². The van der Waals surface area contributed by atoms with Gasteiger partial charge < -0.3 is 9.80 Å². The van der Waals surface area contributed by atoms with Crippen molar-refractivity contribution >= 4 is 29.8 Å². The second-order valence-corrected chi connectivity index (χ2v) is 9.34. The topological polar surface area (TPSA) is 23.6 Å². The molecule has 0 spiro atoms. The van der Waals surface area contributed by atoms with Crippen LogP contribution >= 0.6 is 7.80 Å². The molecule has 0 unspecified atom stereocenters. The normalized spacial score (nSPS) is 10.9. The molecule has 0 aliphatic heterocycles. The average Bonchev–Trinajstić information content (AvgIpc) is 2.70. The predicted molar refractivity (Wildman–Crippen MR) is 126 cm³/mol. The first kappa shape index (κ1) is 22.4. The molecular weight excluding hydrogens is 363 g/mol. The van der Waals surface area contributed by atoms with Crippen LogP contribution < -0.4 is 20.4 Å². The fourth-order valence-corrected chi connectivity index (χ4v) is 5.48. The van der Waals surface area contributed by atoms with E-state index < -0.39 is 7.80 Å². The van der Waals surface area contributed by atoms with Crippen molar-refractivity contribution in [3.05, 3.63) is 46.5 Å². The molecule has 0 atom stereocenters. The molecule has 2 aromatic carbocycles. The van der Waals surface area contributed by atoms with E-state index >= 15 is 0 Å². The third kappa shape index (κ3) is 4.41. The molecule has 0 saturated heterocycles. The number of hydrogen-bond donors (Lipinski definition) is 0. The first-order valence-electron chi connectivity index (χ1n) is 10.4.